The van der Waals surface area contributed by atoms with Crippen LogP contribution in [-0.4, -0.2) is 66.1 Å². The minimum absolute atomic E-state index is 0. The fraction of sp³-hybridized carbons (Fsp3) is 0.250. The maximum atomic E-state index is 12.4. The number of hydrogen-bond donors (Lipinski definition) is 2. The minimum Gasteiger partial charge on any atom is -1.00 e. The van der Waals surface area contributed by atoms with Crippen molar-refractivity contribution in [2.24, 2.45) is 0 Å². The standard InChI is InChI=1S/C20H22N4O5S3.Na.H/c1-22-18(25)14(19(26)23(2)20(22)30)6-3-4-7-17-24(10-5-11-32(27,28)29)15-9-8-13(21)12-16(15)31-17;;/h3-4,6-9,12H,5,10-11,21H2,1-2H3,(H,27,28,29);;/q;+1;-1. The molecule has 0 radical (unpaired) electrons. The van der Waals surface area contributed by atoms with E-state index in [1.807, 2.05) is 17.0 Å². The van der Waals surface area contributed by atoms with Crippen molar-refractivity contribution in [1.82, 2.24) is 9.80 Å². The number of anilines is 2. The van der Waals surface area contributed by atoms with Crippen molar-refractivity contribution in [3.63, 3.8) is 0 Å². The largest absolute Gasteiger partial charge is 1.00 e. The van der Waals surface area contributed by atoms with E-state index in [-0.39, 0.29) is 53.8 Å². The van der Waals surface area contributed by atoms with Gasteiger partial charge in [0, 0.05) is 31.2 Å². The molecular weight excluding hydrogens is 495 g/mol. The molecule has 33 heavy (non-hydrogen) atoms. The number of carbonyl (C=O) groups is 2. The average molecular weight is 519 g/mol. The summed E-state index contributed by atoms with van der Waals surface area (Å²) in [6.07, 6.45) is 6.73. The van der Waals surface area contributed by atoms with Gasteiger partial charge in [0.05, 0.1) is 16.5 Å². The molecule has 2 aliphatic heterocycles. The van der Waals surface area contributed by atoms with Gasteiger partial charge in [-0.25, -0.2) is 0 Å². The Morgan fingerprint density at radius 1 is 1.15 bits per heavy atom. The molecule has 0 aromatic heterocycles. The summed E-state index contributed by atoms with van der Waals surface area (Å²) in [6.45, 7) is 0.370. The van der Waals surface area contributed by atoms with E-state index >= 15 is 0 Å². The molecule has 172 valence electrons. The first kappa shape index (κ1) is 27.6. The van der Waals surface area contributed by atoms with Gasteiger partial charge in [-0.3, -0.25) is 23.9 Å². The van der Waals surface area contributed by atoms with E-state index < -0.39 is 21.9 Å². The van der Waals surface area contributed by atoms with Gasteiger partial charge in [-0.05, 0) is 49.0 Å². The van der Waals surface area contributed by atoms with Gasteiger partial charge in [-0.15, -0.1) is 0 Å². The van der Waals surface area contributed by atoms with Gasteiger partial charge in [0.2, 0.25) is 0 Å². The summed E-state index contributed by atoms with van der Waals surface area (Å²) in [4.78, 5) is 30.0. The van der Waals surface area contributed by atoms with E-state index in [2.05, 4.69) is 0 Å². The van der Waals surface area contributed by atoms with Crippen LogP contribution in [0.3, 0.4) is 0 Å². The van der Waals surface area contributed by atoms with Crippen molar-refractivity contribution in [3.05, 3.63) is 53.1 Å². The van der Waals surface area contributed by atoms with Crippen molar-refractivity contribution < 1.29 is 53.5 Å². The summed E-state index contributed by atoms with van der Waals surface area (Å²) < 4.78 is 31.2. The number of carbonyl (C=O) groups excluding carboxylic acids is 2. The molecule has 2 aliphatic rings. The van der Waals surface area contributed by atoms with Gasteiger partial charge in [-0.1, -0.05) is 23.9 Å². The Hall–Kier alpha value is -1.67. The molecule has 13 heteroatoms. The molecule has 1 aromatic carbocycles. The Morgan fingerprint density at radius 3 is 2.36 bits per heavy atom. The second-order valence-corrected chi connectivity index (χ2v) is 10.1. The normalized spacial score (nSPS) is 17.8. The zero-order valence-electron chi connectivity index (χ0n) is 19.4. The first-order valence-corrected chi connectivity index (χ1v) is 12.3. The van der Waals surface area contributed by atoms with Crippen molar-refractivity contribution in [3.8, 4) is 0 Å². The van der Waals surface area contributed by atoms with Crippen molar-refractivity contribution >= 4 is 62.4 Å². The molecule has 0 aliphatic carbocycles. The molecule has 1 fully saturated rings. The third-order valence-corrected chi connectivity index (χ3v) is 7.26. The molecule has 1 aromatic rings. The number of thiocarbonyl (C=S) groups is 1. The number of allylic oxidation sites excluding steroid dienone is 4. The molecule has 1 saturated heterocycles. The molecular formula is C20H23N4NaO5S3. The number of benzene rings is 1. The molecule has 0 bridgehead atoms. The molecule has 2 heterocycles. The second kappa shape index (κ2) is 11.2. The van der Waals surface area contributed by atoms with Gasteiger partial charge >= 0.3 is 29.6 Å². The van der Waals surface area contributed by atoms with Crippen molar-refractivity contribution in [2.45, 2.75) is 11.3 Å². The number of fused-ring (bicyclic) bond motifs is 1. The Bertz CT molecular complexity index is 1160. The summed E-state index contributed by atoms with van der Waals surface area (Å²) in [6, 6.07) is 5.44. The monoisotopic (exact) mass is 518 g/mol. The van der Waals surface area contributed by atoms with Gasteiger partial charge in [-0.2, -0.15) is 8.42 Å². The zero-order valence-corrected chi connectivity index (χ0v) is 22.8. The fourth-order valence-electron chi connectivity index (χ4n) is 3.17. The van der Waals surface area contributed by atoms with Crippen LogP contribution in [0.2, 0.25) is 0 Å². The number of nitrogens with two attached hydrogens (primary N) is 1. The average Bonchev–Trinajstić information content (AvgIpc) is 3.05. The predicted molar refractivity (Wildman–Crippen MR) is 130 cm³/mol. The van der Waals surface area contributed by atoms with Gasteiger partial charge in [0.1, 0.15) is 5.57 Å². The van der Waals surface area contributed by atoms with E-state index in [4.69, 9.17) is 22.5 Å². The molecule has 9 nitrogen and oxygen atoms in total. The Balaban J connectivity index is 0.00000289. The van der Waals surface area contributed by atoms with Crippen LogP contribution in [0.4, 0.5) is 11.4 Å². The number of nitrogen functional groups attached to an aromatic ring is 1. The Kier molecular flexibility index (Phi) is 9.33. The quantitative estimate of drug-likeness (QED) is 0.123. The van der Waals surface area contributed by atoms with E-state index in [0.717, 1.165) is 15.6 Å². The first-order chi connectivity index (χ1) is 15.0. The van der Waals surface area contributed by atoms with Crippen LogP contribution in [0.15, 0.2) is 58.0 Å². The van der Waals surface area contributed by atoms with Gasteiger partial charge in [0.15, 0.2) is 5.11 Å². The summed E-state index contributed by atoms with van der Waals surface area (Å²) in [5.74, 6) is -1.29. The predicted octanol–water partition coefficient (Wildman–Crippen LogP) is -0.885. The molecule has 3 rings (SSSR count). The van der Waals surface area contributed by atoms with Crippen LogP contribution in [0, 0.1) is 0 Å². The topological polar surface area (TPSA) is 124 Å². The van der Waals surface area contributed by atoms with Crippen LogP contribution in [0.1, 0.15) is 7.85 Å². The molecule has 0 atom stereocenters. The van der Waals surface area contributed by atoms with Crippen LogP contribution in [0.5, 0.6) is 0 Å². The van der Waals surface area contributed by atoms with E-state index in [9.17, 15) is 18.0 Å². The van der Waals surface area contributed by atoms with E-state index in [1.54, 1.807) is 24.3 Å². The maximum Gasteiger partial charge on any atom is 1.00 e. The summed E-state index contributed by atoms with van der Waals surface area (Å²) >= 11 is 6.53. The van der Waals surface area contributed by atoms with E-state index in [1.165, 1.54) is 41.7 Å². The number of nitrogens with zero attached hydrogens (tertiary/aromatic N) is 3. The van der Waals surface area contributed by atoms with Crippen LogP contribution >= 0.6 is 24.0 Å². The SMILES string of the molecule is CN1C(=O)C(=CC=CC=C2Sc3cc(N)ccc3N2CCCS(=O)(=O)O)C(=O)N(C)C1=S.[H-].[Na+]. The third-order valence-electron chi connectivity index (χ3n) is 4.80. The van der Waals surface area contributed by atoms with Crippen LogP contribution in [0.25, 0.3) is 0 Å². The maximum absolute atomic E-state index is 12.4. The van der Waals surface area contributed by atoms with Crippen molar-refractivity contribution in [2.75, 3.05) is 37.0 Å². The molecule has 2 amide bonds. The summed E-state index contributed by atoms with van der Waals surface area (Å²) in [5, 5.41) is 0.954. The Morgan fingerprint density at radius 2 is 1.76 bits per heavy atom. The molecule has 3 N–H and O–H groups in total. The zero-order chi connectivity index (χ0) is 23.6. The second-order valence-electron chi connectivity index (χ2n) is 7.10. The number of hydrogen-bond acceptors (Lipinski definition) is 8. The molecule has 0 spiro atoms. The first-order valence-electron chi connectivity index (χ1n) is 9.48. The van der Waals surface area contributed by atoms with Gasteiger partial charge in [0.25, 0.3) is 21.9 Å². The fourth-order valence-corrected chi connectivity index (χ4v) is 4.97. The van der Waals surface area contributed by atoms with Crippen molar-refractivity contribution in [1.29, 1.82) is 0 Å². The number of amides is 2. The van der Waals surface area contributed by atoms with E-state index in [0.29, 0.717) is 12.2 Å². The molecule has 0 unspecified atom stereocenters. The van der Waals surface area contributed by atoms with Crippen LogP contribution < -0.4 is 40.2 Å². The summed E-state index contributed by atoms with van der Waals surface area (Å²) in [5.41, 5.74) is 7.36. The minimum atomic E-state index is -4.05. The number of rotatable bonds is 6. The Labute approximate surface area is 225 Å². The van der Waals surface area contributed by atoms with Crippen LogP contribution in [-0.2, 0) is 19.7 Å². The smallest absolute Gasteiger partial charge is 1.00 e. The van der Waals surface area contributed by atoms with Gasteiger partial charge < -0.3 is 12.1 Å². The third kappa shape index (κ3) is 6.47. The number of likely N-dealkylation sites (N-methyl/N-ethyl adjacent to an activating group) is 2. The number of thioether (sulfide) groups is 1. The summed E-state index contributed by atoms with van der Waals surface area (Å²) in [7, 11) is -1.03. The molecule has 0 saturated carbocycles.